The van der Waals surface area contributed by atoms with Gasteiger partial charge in [-0.05, 0) is 27.6 Å². The van der Waals surface area contributed by atoms with Gasteiger partial charge in [-0.3, -0.25) is 0 Å². The normalized spacial score (nSPS) is 11.7. The van der Waals surface area contributed by atoms with E-state index in [1.54, 1.807) is 12.1 Å². The number of phenolic OH excluding ortho intramolecular Hbond substituents is 1. The molecular formula is C32H16CuN8O. The van der Waals surface area contributed by atoms with Gasteiger partial charge in [0.15, 0.2) is 0 Å². The molecule has 0 unspecified atom stereocenters. The van der Waals surface area contributed by atoms with E-state index < -0.39 is 0 Å². The summed E-state index contributed by atoms with van der Waals surface area (Å²) in [6.45, 7) is 0. The van der Waals surface area contributed by atoms with E-state index in [4.69, 9.17) is 39.9 Å². The fraction of sp³-hybridized carbons (Fsp3) is 0. The van der Waals surface area contributed by atoms with Crippen LogP contribution in [0.5, 0.6) is 5.75 Å². The van der Waals surface area contributed by atoms with Crippen LogP contribution in [0.2, 0.25) is 0 Å². The molecule has 0 aliphatic carbocycles. The number of hydrogen-bond donors (Lipinski definition) is 1. The molecule has 7 aromatic rings. The number of fused-ring (bicyclic) bond motifs is 20. The van der Waals surface area contributed by atoms with Gasteiger partial charge in [0.1, 0.15) is 5.75 Å². The molecule has 0 atom stereocenters. The second-order valence-electron chi connectivity index (χ2n) is 9.82. The monoisotopic (exact) mass is 591 g/mol. The third kappa shape index (κ3) is 3.49. The van der Waals surface area contributed by atoms with Crippen LogP contribution in [0.3, 0.4) is 0 Å². The Morgan fingerprint density at radius 1 is 0.405 bits per heavy atom. The molecule has 201 valence electrons. The van der Waals surface area contributed by atoms with Crippen LogP contribution in [-0.2, 0) is 17.1 Å². The van der Waals surface area contributed by atoms with Gasteiger partial charge in [0.2, 0.25) is 0 Å². The van der Waals surface area contributed by atoms with Crippen molar-refractivity contribution in [2.24, 2.45) is 0 Å². The van der Waals surface area contributed by atoms with Crippen molar-refractivity contribution in [3.63, 3.8) is 0 Å². The first-order valence-electron chi connectivity index (χ1n) is 13.0. The van der Waals surface area contributed by atoms with E-state index in [0.717, 1.165) is 32.7 Å². The van der Waals surface area contributed by atoms with Crippen molar-refractivity contribution in [1.82, 2.24) is 39.9 Å². The summed E-state index contributed by atoms with van der Waals surface area (Å²) >= 11 is 0. The van der Waals surface area contributed by atoms with Gasteiger partial charge in [0.05, 0.1) is 28.9 Å². The fourth-order valence-electron chi connectivity index (χ4n) is 5.54. The van der Waals surface area contributed by atoms with Crippen molar-refractivity contribution in [2.75, 3.05) is 0 Å². The van der Waals surface area contributed by atoms with Gasteiger partial charge in [0, 0.05) is 39.3 Å². The minimum absolute atomic E-state index is 0. The van der Waals surface area contributed by atoms with E-state index in [1.165, 1.54) is 0 Å². The molecule has 8 bridgehead atoms. The van der Waals surface area contributed by atoms with E-state index in [1.807, 2.05) is 78.9 Å². The third-order valence-corrected chi connectivity index (χ3v) is 7.43. The number of benzene rings is 4. The van der Waals surface area contributed by atoms with Gasteiger partial charge >= 0.3 is 17.1 Å². The van der Waals surface area contributed by atoms with Gasteiger partial charge < -0.3 is 35.0 Å². The summed E-state index contributed by atoms with van der Waals surface area (Å²) in [4.78, 5) is 38.8. The minimum Gasteiger partial charge on any atom is -0.507 e. The van der Waals surface area contributed by atoms with Gasteiger partial charge in [-0.25, -0.2) is 9.97 Å². The Hall–Kier alpha value is -5.44. The van der Waals surface area contributed by atoms with Crippen LogP contribution in [0.25, 0.3) is 89.7 Å². The summed E-state index contributed by atoms with van der Waals surface area (Å²) in [5.41, 5.74) is 4.79. The Morgan fingerprint density at radius 2 is 0.786 bits per heavy atom. The zero-order valence-electron chi connectivity index (χ0n) is 21.5. The first-order chi connectivity index (χ1) is 20.2. The molecule has 0 saturated carbocycles. The molecule has 4 aromatic carbocycles. The standard InChI is InChI=1S/C32H16N8O.Cu/c41-23-15-7-14-22-24(23)32-39-30-21-13-6-5-12-20(21)28(37-30)35-26-17-9-2-1-8-16(17)25(33-26)34-27-18-10-3-4-11-19(18)29(36-27)38-31(22)40-32;/h1-15H,(H-2,33,34,35,36,37,38,39,40,41);/q-2;+2. The van der Waals surface area contributed by atoms with Crippen LogP contribution >= 0.6 is 0 Å². The van der Waals surface area contributed by atoms with Crippen LogP contribution in [0.15, 0.2) is 91.0 Å². The molecule has 2 aliphatic heterocycles. The van der Waals surface area contributed by atoms with Crippen molar-refractivity contribution < 1.29 is 22.2 Å². The Kier molecular flexibility index (Phi) is 5.24. The predicted molar refractivity (Wildman–Crippen MR) is 156 cm³/mol. The summed E-state index contributed by atoms with van der Waals surface area (Å²) in [6.07, 6.45) is 0. The van der Waals surface area contributed by atoms with Crippen molar-refractivity contribution >= 4 is 44.1 Å². The van der Waals surface area contributed by atoms with Crippen LogP contribution < -0.4 is 9.97 Å². The topological polar surface area (TPSA) is 126 Å². The average molecular weight is 592 g/mol. The van der Waals surface area contributed by atoms with E-state index >= 15 is 0 Å². The van der Waals surface area contributed by atoms with E-state index in [2.05, 4.69) is 0 Å². The summed E-state index contributed by atoms with van der Waals surface area (Å²) in [5, 5.41) is 14.2. The van der Waals surface area contributed by atoms with Crippen LogP contribution in [0.4, 0.5) is 0 Å². The van der Waals surface area contributed by atoms with Gasteiger partial charge in [-0.2, -0.15) is 0 Å². The number of aromatic nitrogens is 8. The molecule has 1 N–H and O–H groups in total. The van der Waals surface area contributed by atoms with Crippen LogP contribution in [-0.4, -0.2) is 35.0 Å². The molecule has 5 heterocycles. The third-order valence-electron chi connectivity index (χ3n) is 7.43. The summed E-state index contributed by atoms with van der Waals surface area (Å²) in [7, 11) is 0. The summed E-state index contributed by atoms with van der Waals surface area (Å²) < 4.78 is 0. The molecule has 3 aromatic heterocycles. The summed E-state index contributed by atoms with van der Waals surface area (Å²) in [6, 6.07) is 28.7. The van der Waals surface area contributed by atoms with Gasteiger partial charge in [-0.1, -0.05) is 84.9 Å². The number of aromatic hydroxyl groups is 1. The SMILES string of the molecule is Oc1cccc2c1-c1nc-2nc2[n-]c(nc3nc(nc4[n-]c(n1)c1ccccc41)-c1ccccc1-3)c1ccccc21.[Cu+2]. The quantitative estimate of drug-likeness (QED) is 0.217. The Labute approximate surface area is 247 Å². The molecular weight excluding hydrogens is 576 g/mol. The number of nitrogens with zero attached hydrogens (tertiary/aromatic N) is 8. The average Bonchev–Trinajstić information content (AvgIpc) is 3.73. The Balaban J connectivity index is 0.00000267. The first-order valence-corrected chi connectivity index (χ1v) is 13.0. The fourth-order valence-corrected chi connectivity index (χ4v) is 5.54. The number of phenols is 1. The number of rotatable bonds is 0. The summed E-state index contributed by atoms with van der Waals surface area (Å²) in [5.74, 6) is 1.81. The zero-order chi connectivity index (χ0) is 27.1. The smallest absolute Gasteiger partial charge is 0.507 e. The minimum atomic E-state index is 0. The van der Waals surface area contributed by atoms with Gasteiger partial charge in [-0.15, -0.1) is 0 Å². The Morgan fingerprint density at radius 3 is 1.29 bits per heavy atom. The molecule has 9 rings (SSSR count). The second kappa shape index (κ2) is 9.04. The molecule has 9 nitrogen and oxygen atoms in total. The molecule has 10 heteroatoms. The molecule has 2 aliphatic rings. The van der Waals surface area contributed by atoms with E-state index in [9.17, 15) is 5.11 Å². The van der Waals surface area contributed by atoms with Crippen LogP contribution in [0, 0.1) is 0 Å². The van der Waals surface area contributed by atoms with Crippen molar-refractivity contribution in [1.29, 1.82) is 0 Å². The molecule has 0 fully saturated rings. The molecule has 42 heavy (non-hydrogen) atoms. The molecule has 1 radical (unpaired) electrons. The first kappa shape index (κ1) is 24.4. The molecule has 0 saturated heterocycles. The van der Waals surface area contributed by atoms with Crippen LogP contribution in [0.1, 0.15) is 0 Å². The van der Waals surface area contributed by atoms with Crippen molar-refractivity contribution in [2.45, 2.75) is 0 Å². The van der Waals surface area contributed by atoms with Gasteiger partial charge in [0.25, 0.3) is 0 Å². The van der Waals surface area contributed by atoms with Crippen molar-refractivity contribution in [3.05, 3.63) is 91.0 Å². The second-order valence-corrected chi connectivity index (χ2v) is 9.82. The predicted octanol–water partition coefficient (Wildman–Crippen LogP) is 5.83. The largest absolute Gasteiger partial charge is 2.00 e. The maximum atomic E-state index is 10.9. The Bertz CT molecular complexity index is 2410. The van der Waals surface area contributed by atoms with E-state index in [0.29, 0.717) is 57.0 Å². The van der Waals surface area contributed by atoms with Crippen molar-refractivity contribution in [3.8, 4) is 51.3 Å². The maximum Gasteiger partial charge on any atom is 2.00 e. The van der Waals surface area contributed by atoms with E-state index in [-0.39, 0.29) is 22.8 Å². The molecule has 0 amide bonds. The molecule has 0 spiro atoms. The number of hydrogen-bond acceptors (Lipinski definition) is 7. The zero-order valence-corrected chi connectivity index (χ0v) is 22.4. The maximum absolute atomic E-state index is 10.9.